The quantitative estimate of drug-likeness (QED) is 0.453. The Kier molecular flexibility index (Phi) is 4.33. The molecule has 1 aromatic heterocycles. The van der Waals surface area contributed by atoms with Crippen molar-refractivity contribution in [3.05, 3.63) is 29.6 Å². The van der Waals surface area contributed by atoms with E-state index in [4.69, 9.17) is 13.9 Å². The van der Waals surface area contributed by atoms with Gasteiger partial charge in [-0.05, 0) is 25.0 Å². The zero-order valence-corrected chi connectivity index (χ0v) is 11.9. The lowest BCUT2D eigenvalue weighted by Gasteiger charge is -2.32. The fraction of sp³-hybridized carbons (Fsp3) is 0.455. The molecule has 0 saturated carbocycles. The van der Waals surface area contributed by atoms with E-state index in [0.29, 0.717) is 13.1 Å². The third kappa shape index (κ3) is 2.89. The molecule has 7 heteroatoms. The molecule has 0 atom stereocenters. The van der Waals surface area contributed by atoms with E-state index >= 15 is 0 Å². The summed E-state index contributed by atoms with van der Waals surface area (Å²) in [4.78, 5) is 1.84. The SMILES string of the molecule is N=C(N1CCC(OI)CC1)n1cc(F)ccc1=N. The van der Waals surface area contributed by atoms with Crippen molar-refractivity contribution >= 4 is 29.0 Å². The van der Waals surface area contributed by atoms with E-state index in [1.165, 1.54) is 22.9 Å². The van der Waals surface area contributed by atoms with Crippen LogP contribution in [0.25, 0.3) is 0 Å². The van der Waals surface area contributed by atoms with Gasteiger partial charge >= 0.3 is 0 Å². The van der Waals surface area contributed by atoms with Crippen LogP contribution >= 0.6 is 23.0 Å². The van der Waals surface area contributed by atoms with Crippen molar-refractivity contribution in [2.24, 2.45) is 0 Å². The van der Waals surface area contributed by atoms with Crippen LogP contribution in [0, 0.1) is 16.6 Å². The van der Waals surface area contributed by atoms with Crippen LogP contribution < -0.4 is 5.49 Å². The van der Waals surface area contributed by atoms with Gasteiger partial charge < -0.3 is 7.97 Å². The first-order valence-corrected chi connectivity index (χ1v) is 6.54. The molecular weight excluding hydrogens is 350 g/mol. The highest BCUT2D eigenvalue weighted by atomic mass is 127. The molecule has 1 aliphatic rings. The van der Waals surface area contributed by atoms with Crippen LogP contribution in [0.1, 0.15) is 12.8 Å². The Morgan fingerprint density at radius 3 is 2.67 bits per heavy atom. The van der Waals surface area contributed by atoms with E-state index in [0.717, 1.165) is 12.8 Å². The van der Waals surface area contributed by atoms with Crippen LogP contribution in [0.3, 0.4) is 0 Å². The number of hydrogen-bond acceptors (Lipinski definition) is 3. The van der Waals surface area contributed by atoms with Crippen LogP contribution in [0.2, 0.25) is 0 Å². The lowest BCUT2D eigenvalue weighted by Crippen LogP contribution is -2.45. The van der Waals surface area contributed by atoms with Gasteiger partial charge in [0, 0.05) is 19.3 Å². The van der Waals surface area contributed by atoms with Gasteiger partial charge in [-0.25, -0.2) is 4.39 Å². The Hall–Kier alpha value is -0.960. The Balaban J connectivity index is 2.12. The highest BCUT2D eigenvalue weighted by molar-refractivity contribution is 14.1. The molecule has 98 valence electrons. The topological polar surface area (TPSA) is 65.1 Å². The molecule has 2 heterocycles. The molecule has 0 aliphatic carbocycles. The van der Waals surface area contributed by atoms with E-state index in [1.54, 1.807) is 0 Å². The van der Waals surface area contributed by atoms with Gasteiger partial charge in [0.15, 0.2) is 0 Å². The van der Waals surface area contributed by atoms with E-state index in [2.05, 4.69) is 0 Å². The Labute approximate surface area is 118 Å². The molecule has 1 aromatic rings. The van der Waals surface area contributed by atoms with Crippen LogP contribution in [0.5, 0.6) is 0 Å². The van der Waals surface area contributed by atoms with E-state index in [9.17, 15) is 4.39 Å². The molecule has 0 unspecified atom stereocenters. The lowest BCUT2D eigenvalue weighted by molar-refractivity contribution is 0.175. The summed E-state index contributed by atoms with van der Waals surface area (Å²) < 4.78 is 19.6. The molecule has 1 aliphatic heterocycles. The number of pyridine rings is 1. The van der Waals surface area contributed by atoms with Gasteiger partial charge in [-0.15, -0.1) is 0 Å². The van der Waals surface area contributed by atoms with Crippen molar-refractivity contribution in [3.63, 3.8) is 0 Å². The monoisotopic (exact) mass is 364 g/mol. The van der Waals surface area contributed by atoms with E-state index < -0.39 is 5.82 Å². The van der Waals surface area contributed by atoms with Gasteiger partial charge in [0.2, 0.25) is 5.96 Å². The number of aromatic nitrogens is 1. The van der Waals surface area contributed by atoms with Crippen molar-refractivity contribution in [1.29, 1.82) is 10.8 Å². The third-order valence-electron chi connectivity index (χ3n) is 3.01. The average Bonchev–Trinajstić information content (AvgIpc) is 2.41. The highest BCUT2D eigenvalue weighted by Crippen LogP contribution is 2.16. The first kappa shape index (κ1) is 13.5. The smallest absolute Gasteiger partial charge is 0.203 e. The molecule has 2 N–H and O–H groups in total. The number of nitrogens with one attached hydrogen (secondary N) is 2. The van der Waals surface area contributed by atoms with Gasteiger partial charge in [-0.1, -0.05) is 0 Å². The van der Waals surface area contributed by atoms with Gasteiger partial charge in [0.05, 0.1) is 6.10 Å². The second kappa shape index (κ2) is 5.79. The Morgan fingerprint density at radius 2 is 2.06 bits per heavy atom. The van der Waals surface area contributed by atoms with E-state index in [1.807, 2.05) is 27.9 Å². The molecule has 1 fully saturated rings. The number of likely N-dealkylation sites (tertiary alicyclic amines) is 1. The normalized spacial score (nSPS) is 16.9. The standard InChI is InChI=1S/C11H14FIN4O/c12-8-1-2-10(14)17(7-8)11(15)16-5-3-9(18-13)4-6-16/h1-2,7,9,14-15H,3-6H2. The zero-order chi connectivity index (χ0) is 13.1. The minimum absolute atomic E-state index is 0.105. The van der Waals surface area contributed by atoms with Gasteiger partial charge in [0.25, 0.3) is 0 Å². The largest absolute Gasteiger partial charge is 0.342 e. The Morgan fingerprint density at radius 1 is 1.39 bits per heavy atom. The molecular formula is C11H14FIN4O. The molecule has 0 spiro atoms. The van der Waals surface area contributed by atoms with Crippen molar-refractivity contribution in [2.45, 2.75) is 18.9 Å². The predicted octanol–water partition coefficient (Wildman–Crippen LogP) is 1.72. The van der Waals surface area contributed by atoms with Crippen molar-refractivity contribution in [3.8, 4) is 0 Å². The van der Waals surface area contributed by atoms with Crippen molar-refractivity contribution in [2.75, 3.05) is 13.1 Å². The summed E-state index contributed by atoms with van der Waals surface area (Å²) in [6, 6.07) is 2.58. The van der Waals surface area contributed by atoms with Gasteiger partial charge in [-0.2, -0.15) is 0 Å². The minimum atomic E-state index is -0.443. The second-order valence-corrected chi connectivity index (χ2v) is 4.71. The molecule has 0 aromatic carbocycles. The predicted molar refractivity (Wildman–Crippen MR) is 73.1 cm³/mol. The minimum Gasteiger partial charge on any atom is -0.342 e. The zero-order valence-electron chi connectivity index (χ0n) is 9.70. The summed E-state index contributed by atoms with van der Waals surface area (Å²) >= 11 is 1.90. The van der Waals surface area contributed by atoms with Crippen LogP contribution in [-0.4, -0.2) is 34.6 Å². The van der Waals surface area contributed by atoms with Gasteiger partial charge in [-0.3, -0.25) is 15.4 Å². The number of rotatable bonds is 1. The summed E-state index contributed by atoms with van der Waals surface area (Å²) in [7, 11) is 0. The highest BCUT2D eigenvalue weighted by Gasteiger charge is 2.22. The molecule has 2 rings (SSSR count). The Bertz CT molecular complexity index is 496. The average molecular weight is 364 g/mol. The third-order valence-corrected chi connectivity index (χ3v) is 3.73. The lowest BCUT2D eigenvalue weighted by atomic mass is 10.1. The molecule has 0 bridgehead atoms. The molecule has 0 radical (unpaired) electrons. The van der Waals surface area contributed by atoms with Gasteiger partial charge in [0.1, 0.15) is 34.3 Å². The van der Waals surface area contributed by atoms with Crippen LogP contribution in [0.15, 0.2) is 18.3 Å². The number of nitrogens with zero attached hydrogens (tertiary/aromatic N) is 2. The number of hydrogen-bond donors (Lipinski definition) is 2. The van der Waals surface area contributed by atoms with Crippen LogP contribution in [-0.2, 0) is 3.07 Å². The van der Waals surface area contributed by atoms with Crippen LogP contribution in [0.4, 0.5) is 4.39 Å². The van der Waals surface area contributed by atoms with Crippen molar-refractivity contribution in [1.82, 2.24) is 9.47 Å². The summed E-state index contributed by atoms with van der Waals surface area (Å²) in [6.07, 6.45) is 3.08. The van der Waals surface area contributed by atoms with Crippen molar-refractivity contribution < 1.29 is 7.46 Å². The molecule has 18 heavy (non-hydrogen) atoms. The fourth-order valence-corrected chi connectivity index (χ4v) is 2.47. The molecule has 5 nitrogen and oxygen atoms in total. The first-order chi connectivity index (χ1) is 8.61. The van der Waals surface area contributed by atoms with E-state index in [-0.39, 0.29) is 17.6 Å². The molecule has 1 saturated heterocycles. The maximum Gasteiger partial charge on any atom is 0.203 e. The summed E-state index contributed by atoms with van der Waals surface area (Å²) in [5, 5.41) is 15.7. The number of halogens is 2. The number of piperidine rings is 1. The molecule has 0 amide bonds. The first-order valence-electron chi connectivity index (χ1n) is 5.66. The maximum atomic E-state index is 13.2. The summed E-state index contributed by atoms with van der Waals surface area (Å²) in [5.41, 5.74) is 0.105. The maximum absolute atomic E-state index is 13.2. The fourth-order valence-electron chi connectivity index (χ4n) is 1.96. The summed E-state index contributed by atoms with van der Waals surface area (Å²) in [6.45, 7) is 1.38. The second-order valence-electron chi connectivity index (χ2n) is 4.20. The summed E-state index contributed by atoms with van der Waals surface area (Å²) in [5.74, 6) is -0.298.